The second kappa shape index (κ2) is 8.73. The molecular weight excluding hydrogens is 466 g/mol. The largest absolute Gasteiger partial charge is 0.465 e. The summed E-state index contributed by atoms with van der Waals surface area (Å²) in [5.41, 5.74) is 0.724. The highest BCUT2D eigenvalue weighted by atomic mass is 35.5. The first-order chi connectivity index (χ1) is 15.7. The quantitative estimate of drug-likeness (QED) is 0.361. The number of hydrogen-bond donors (Lipinski definition) is 0. The number of aryl methyl sites for hydroxylation is 1. The number of halogens is 1. The Bertz CT molecular complexity index is 1460. The zero-order chi connectivity index (χ0) is 23.8. The van der Waals surface area contributed by atoms with Crippen molar-refractivity contribution in [2.24, 2.45) is 0 Å². The summed E-state index contributed by atoms with van der Waals surface area (Å²) < 4.78 is 38.4. The molecule has 4 rings (SSSR count). The average molecular weight is 484 g/mol. The smallest absolute Gasteiger partial charge is 0.342 e. The van der Waals surface area contributed by atoms with Crippen molar-refractivity contribution in [3.63, 3.8) is 0 Å². The average Bonchev–Trinajstić information content (AvgIpc) is 3.14. The van der Waals surface area contributed by atoms with E-state index in [0.717, 1.165) is 0 Å². The highest BCUT2D eigenvalue weighted by Crippen LogP contribution is 2.33. The Morgan fingerprint density at radius 3 is 2.27 bits per heavy atom. The van der Waals surface area contributed by atoms with Crippen LogP contribution in [0.2, 0.25) is 5.02 Å². The van der Waals surface area contributed by atoms with Gasteiger partial charge in [-0.25, -0.2) is 13.2 Å². The van der Waals surface area contributed by atoms with E-state index in [4.69, 9.17) is 20.8 Å². The van der Waals surface area contributed by atoms with Crippen LogP contribution in [0.15, 0.2) is 82.1 Å². The van der Waals surface area contributed by atoms with E-state index in [1.54, 1.807) is 25.1 Å². The van der Waals surface area contributed by atoms with Crippen molar-refractivity contribution >= 4 is 50.2 Å². The number of anilines is 1. The maximum Gasteiger partial charge on any atom is 0.342 e. The lowest BCUT2D eigenvalue weighted by atomic mass is 10.1. The number of ether oxygens (including phenoxy) is 1. The molecule has 0 aliphatic carbocycles. The summed E-state index contributed by atoms with van der Waals surface area (Å²) in [6, 6.07) is 17.9. The molecule has 168 valence electrons. The number of fused-ring (bicyclic) bond motifs is 1. The van der Waals surface area contributed by atoms with Crippen molar-refractivity contribution < 1.29 is 27.2 Å². The van der Waals surface area contributed by atoms with Gasteiger partial charge in [0, 0.05) is 16.0 Å². The number of esters is 1. The Balaban J connectivity index is 1.95. The van der Waals surface area contributed by atoms with Gasteiger partial charge in [-0.2, -0.15) is 4.31 Å². The fourth-order valence-electron chi connectivity index (χ4n) is 3.47. The van der Waals surface area contributed by atoms with Gasteiger partial charge in [-0.3, -0.25) is 4.79 Å². The monoisotopic (exact) mass is 483 g/mol. The fraction of sp³-hybridized carbons (Fsp3) is 0.0833. The second-order valence-corrected chi connectivity index (χ2v) is 9.32. The SMILES string of the molecule is COC(=O)c1c(C)oc2ccc(N(C(=O)c3ccccc3)S(=O)(=O)c3ccc(Cl)cc3)cc12. The van der Waals surface area contributed by atoms with Crippen LogP contribution in [0.5, 0.6) is 0 Å². The molecule has 0 fully saturated rings. The van der Waals surface area contributed by atoms with Gasteiger partial charge in [-0.1, -0.05) is 29.8 Å². The third kappa shape index (κ3) is 4.10. The normalized spacial score (nSPS) is 11.4. The number of carbonyl (C=O) groups is 2. The summed E-state index contributed by atoms with van der Waals surface area (Å²) in [6.45, 7) is 1.60. The van der Waals surface area contributed by atoms with Crippen molar-refractivity contribution in [1.82, 2.24) is 0 Å². The van der Waals surface area contributed by atoms with Crippen molar-refractivity contribution in [2.45, 2.75) is 11.8 Å². The van der Waals surface area contributed by atoms with Crippen LogP contribution >= 0.6 is 11.6 Å². The van der Waals surface area contributed by atoms with E-state index in [-0.39, 0.29) is 21.7 Å². The third-order valence-corrected chi connectivity index (χ3v) is 7.01. The minimum Gasteiger partial charge on any atom is -0.465 e. The van der Waals surface area contributed by atoms with Crippen LogP contribution in [-0.4, -0.2) is 27.4 Å². The Kier molecular flexibility index (Phi) is 5.97. The molecule has 0 spiro atoms. The molecular formula is C24H18ClNO6S. The number of carbonyl (C=O) groups excluding carboxylic acids is 2. The predicted molar refractivity (Wildman–Crippen MR) is 124 cm³/mol. The molecule has 0 bridgehead atoms. The Hall–Kier alpha value is -3.62. The van der Waals surface area contributed by atoms with Gasteiger partial charge in [0.15, 0.2) is 0 Å². The van der Waals surface area contributed by atoms with Gasteiger partial charge in [0.05, 0.1) is 17.7 Å². The molecule has 0 saturated carbocycles. The topological polar surface area (TPSA) is 93.9 Å². The summed E-state index contributed by atoms with van der Waals surface area (Å²) in [5, 5.41) is 0.682. The zero-order valence-corrected chi connectivity index (χ0v) is 19.2. The number of methoxy groups -OCH3 is 1. The molecule has 7 nitrogen and oxygen atoms in total. The summed E-state index contributed by atoms with van der Waals surface area (Å²) in [7, 11) is -3.10. The Labute approximate surface area is 195 Å². The molecule has 0 saturated heterocycles. The van der Waals surface area contributed by atoms with E-state index in [1.165, 1.54) is 61.7 Å². The van der Waals surface area contributed by atoms with Crippen LogP contribution in [0.4, 0.5) is 5.69 Å². The summed E-state index contributed by atoms with van der Waals surface area (Å²) in [5.74, 6) is -1.08. The van der Waals surface area contributed by atoms with Gasteiger partial charge in [0.25, 0.3) is 15.9 Å². The van der Waals surface area contributed by atoms with E-state index in [9.17, 15) is 18.0 Å². The molecule has 1 aromatic heterocycles. The lowest BCUT2D eigenvalue weighted by Crippen LogP contribution is -2.37. The van der Waals surface area contributed by atoms with E-state index in [0.29, 0.717) is 26.1 Å². The summed E-state index contributed by atoms with van der Waals surface area (Å²) in [6.07, 6.45) is 0. The summed E-state index contributed by atoms with van der Waals surface area (Å²) in [4.78, 5) is 25.6. The predicted octanol–water partition coefficient (Wildman–Crippen LogP) is 5.22. The first-order valence-corrected chi connectivity index (χ1v) is 11.6. The van der Waals surface area contributed by atoms with Crippen LogP contribution in [0.25, 0.3) is 11.0 Å². The molecule has 0 radical (unpaired) electrons. The molecule has 4 aromatic rings. The molecule has 3 aromatic carbocycles. The van der Waals surface area contributed by atoms with Crippen molar-refractivity contribution in [3.8, 4) is 0 Å². The second-order valence-electron chi connectivity index (χ2n) is 7.10. The first-order valence-electron chi connectivity index (χ1n) is 9.76. The number of amides is 1. The van der Waals surface area contributed by atoms with Crippen LogP contribution < -0.4 is 4.31 Å². The maximum atomic E-state index is 13.6. The molecule has 9 heteroatoms. The zero-order valence-electron chi connectivity index (χ0n) is 17.6. The Morgan fingerprint density at radius 2 is 1.64 bits per heavy atom. The molecule has 1 amide bonds. The van der Waals surface area contributed by atoms with Gasteiger partial charge < -0.3 is 9.15 Å². The third-order valence-electron chi connectivity index (χ3n) is 5.03. The van der Waals surface area contributed by atoms with E-state index in [1.807, 2.05) is 0 Å². The van der Waals surface area contributed by atoms with Crippen LogP contribution in [0.1, 0.15) is 26.5 Å². The molecule has 0 atom stereocenters. The number of furan rings is 1. The minimum absolute atomic E-state index is 0.0391. The van der Waals surface area contributed by atoms with Crippen LogP contribution in [0.3, 0.4) is 0 Å². The lowest BCUT2D eigenvalue weighted by Gasteiger charge is -2.23. The highest BCUT2D eigenvalue weighted by molar-refractivity contribution is 7.93. The first kappa shape index (κ1) is 22.6. The minimum atomic E-state index is -4.34. The van der Waals surface area contributed by atoms with Crippen LogP contribution in [0, 0.1) is 6.92 Å². The highest BCUT2D eigenvalue weighted by Gasteiger charge is 2.33. The molecule has 0 N–H and O–H groups in total. The molecule has 0 unspecified atom stereocenters. The fourth-order valence-corrected chi connectivity index (χ4v) is 5.00. The van der Waals surface area contributed by atoms with Gasteiger partial charge in [0.2, 0.25) is 0 Å². The lowest BCUT2D eigenvalue weighted by molar-refractivity contribution is 0.0600. The van der Waals surface area contributed by atoms with Crippen molar-refractivity contribution in [1.29, 1.82) is 0 Å². The molecule has 0 aliphatic heterocycles. The summed E-state index contributed by atoms with van der Waals surface area (Å²) >= 11 is 5.92. The Morgan fingerprint density at radius 1 is 0.970 bits per heavy atom. The number of sulfonamides is 1. The maximum absolute atomic E-state index is 13.6. The standard InChI is InChI=1S/C24H18ClNO6S/c1-15-22(24(28)31-2)20-14-18(10-13-21(20)32-15)26(23(27)16-6-4-3-5-7-16)33(29,30)19-11-8-17(25)9-12-19/h3-14H,1-2H3. The van der Waals surface area contributed by atoms with Crippen molar-refractivity contribution in [2.75, 3.05) is 11.4 Å². The van der Waals surface area contributed by atoms with E-state index >= 15 is 0 Å². The van der Waals surface area contributed by atoms with E-state index in [2.05, 4.69) is 0 Å². The number of hydrogen-bond acceptors (Lipinski definition) is 6. The van der Waals surface area contributed by atoms with Crippen LogP contribution in [-0.2, 0) is 14.8 Å². The van der Waals surface area contributed by atoms with E-state index < -0.39 is 21.9 Å². The van der Waals surface area contributed by atoms with Gasteiger partial charge in [0.1, 0.15) is 16.9 Å². The number of benzene rings is 3. The molecule has 1 heterocycles. The van der Waals surface area contributed by atoms with Gasteiger partial charge in [-0.15, -0.1) is 0 Å². The van der Waals surface area contributed by atoms with Gasteiger partial charge in [-0.05, 0) is 61.5 Å². The van der Waals surface area contributed by atoms with Crippen molar-refractivity contribution in [3.05, 3.63) is 94.7 Å². The number of rotatable bonds is 5. The molecule has 33 heavy (non-hydrogen) atoms. The number of nitrogens with zero attached hydrogens (tertiary/aromatic N) is 1. The van der Waals surface area contributed by atoms with Gasteiger partial charge >= 0.3 is 5.97 Å². The molecule has 0 aliphatic rings.